The summed E-state index contributed by atoms with van der Waals surface area (Å²) in [5.41, 5.74) is 3.79. The number of thioether (sulfide) groups is 2. The normalized spacial score (nSPS) is 16.0. The van der Waals surface area contributed by atoms with Crippen LogP contribution in [0.4, 0.5) is 22.7 Å². The van der Waals surface area contributed by atoms with E-state index in [4.69, 9.17) is 0 Å². The minimum atomic E-state index is -0.339. The molecule has 0 saturated heterocycles. The Balaban J connectivity index is 1.21. The molecule has 8 nitrogen and oxygen atoms in total. The lowest BCUT2D eigenvalue weighted by molar-refractivity contribution is -0.108. The predicted octanol–water partition coefficient (Wildman–Crippen LogP) is 8.79. The van der Waals surface area contributed by atoms with E-state index in [0.717, 1.165) is 23.5 Å². The number of rotatable bonds is 10. The minimum absolute atomic E-state index is 0.127. The van der Waals surface area contributed by atoms with Gasteiger partial charge in [0.05, 0.1) is 22.5 Å². The second kappa shape index (κ2) is 14.6. The highest BCUT2D eigenvalue weighted by Crippen LogP contribution is 2.37. The number of hydrogen-bond acceptors (Lipinski definition) is 10. The van der Waals surface area contributed by atoms with Crippen molar-refractivity contribution >= 4 is 78.2 Å². The molecule has 0 aromatic heterocycles. The Kier molecular flexibility index (Phi) is 9.45. The molecule has 7 rings (SSSR count). The summed E-state index contributed by atoms with van der Waals surface area (Å²) >= 11 is 1.80. The molecule has 0 aliphatic carbocycles. The van der Waals surface area contributed by atoms with Gasteiger partial charge in [-0.1, -0.05) is 97.1 Å². The second-order valence-corrected chi connectivity index (χ2v) is 12.9. The van der Waals surface area contributed by atoms with Crippen molar-refractivity contribution in [2.45, 2.75) is 0 Å². The van der Waals surface area contributed by atoms with Gasteiger partial charge in [0, 0.05) is 22.5 Å². The Morgan fingerprint density at radius 1 is 0.440 bits per heavy atom. The molecule has 0 bridgehead atoms. The summed E-state index contributed by atoms with van der Waals surface area (Å²) in [7, 11) is 0. The molecular formula is C40H26N4O4S2. The van der Waals surface area contributed by atoms with Gasteiger partial charge < -0.3 is 10.6 Å². The molecule has 0 unspecified atom stereocenters. The lowest BCUT2D eigenvalue weighted by Gasteiger charge is -2.12. The Bertz CT molecular complexity index is 2090. The van der Waals surface area contributed by atoms with Crippen LogP contribution >= 0.6 is 23.5 Å². The van der Waals surface area contributed by atoms with Crippen LogP contribution in [0.15, 0.2) is 178 Å². The third-order valence-corrected chi connectivity index (χ3v) is 9.39. The van der Waals surface area contributed by atoms with Crippen LogP contribution in [0.1, 0.15) is 20.7 Å². The van der Waals surface area contributed by atoms with Crippen LogP contribution < -0.4 is 10.6 Å². The SMILES string of the molecule is O=C1SC(=Nc2ccccc2)C(C(=O)c2ccccc2)=C1Nc1ccc(NC2=C(C(=O)c3ccccc3)C(=Nc3ccccc3)SC2=O)cc1. The fourth-order valence-corrected chi connectivity index (χ4v) is 6.99. The van der Waals surface area contributed by atoms with E-state index in [2.05, 4.69) is 20.6 Å². The molecule has 0 radical (unpaired) electrons. The van der Waals surface area contributed by atoms with Gasteiger partial charge in [0.1, 0.15) is 21.5 Å². The minimum Gasteiger partial charge on any atom is -0.351 e. The molecule has 2 aliphatic rings. The molecule has 242 valence electrons. The van der Waals surface area contributed by atoms with E-state index >= 15 is 0 Å². The van der Waals surface area contributed by atoms with Crippen LogP contribution in [0.3, 0.4) is 0 Å². The van der Waals surface area contributed by atoms with Crippen molar-refractivity contribution in [2.75, 3.05) is 10.6 Å². The van der Waals surface area contributed by atoms with Crippen LogP contribution in [0.25, 0.3) is 0 Å². The Morgan fingerprint density at radius 3 is 1.10 bits per heavy atom. The van der Waals surface area contributed by atoms with E-state index in [-0.39, 0.29) is 44.3 Å². The molecule has 50 heavy (non-hydrogen) atoms. The fourth-order valence-electron chi connectivity index (χ4n) is 5.24. The number of para-hydroxylation sites is 2. The maximum Gasteiger partial charge on any atom is 0.242 e. The summed E-state index contributed by atoms with van der Waals surface area (Å²) in [6, 6.07) is 42.7. The first-order valence-corrected chi connectivity index (χ1v) is 17.1. The van der Waals surface area contributed by atoms with Gasteiger partial charge in [-0.15, -0.1) is 0 Å². The summed E-state index contributed by atoms with van der Waals surface area (Å²) in [4.78, 5) is 63.5. The van der Waals surface area contributed by atoms with Crippen molar-refractivity contribution in [1.29, 1.82) is 0 Å². The zero-order chi connectivity index (χ0) is 34.5. The van der Waals surface area contributed by atoms with Crippen molar-refractivity contribution in [3.05, 3.63) is 179 Å². The lowest BCUT2D eigenvalue weighted by atomic mass is 10.0. The molecular weight excluding hydrogens is 665 g/mol. The van der Waals surface area contributed by atoms with Gasteiger partial charge in [0.2, 0.25) is 10.2 Å². The number of benzene rings is 5. The number of ketones is 2. The molecule has 10 heteroatoms. The molecule has 0 amide bonds. The van der Waals surface area contributed by atoms with Crippen LogP contribution in [0, 0.1) is 0 Å². The molecule has 5 aromatic rings. The molecule has 5 aromatic carbocycles. The van der Waals surface area contributed by atoms with Gasteiger partial charge >= 0.3 is 0 Å². The summed E-state index contributed by atoms with van der Waals surface area (Å²) in [6.45, 7) is 0. The maximum atomic E-state index is 13.8. The first kappa shape index (κ1) is 32.4. The molecule has 0 spiro atoms. The van der Waals surface area contributed by atoms with Gasteiger partial charge in [-0.05, 0) is 72.1 Å². The van der Waals surface area contributed by atoms with E-state index < -0.39 is 0 Å². The standard InChI is InChI=1S/C40H26N4O4S2/c45-35(25-13-5-1-6-14-25)31-33(39(47)49-37(31)43-27-17-9-3-10-18-27)41-29-21-23-30(24-22-29)42-34-32(36(46)26-15-7-2-8-16-26)38(50-40(34)48)44-28-19-11-4-12-20-28/h1-24,41-42H. The first-order valence-electron chi connectivity index (χ1n) is 15.5. The van der Waals surface area contributed by atoms with E-state index in [1.165, 1.54) is 0 Å². The lowest BCUT2D eigenvalue weighted by Crippen LogP contribution is -2.15. The van der Waals surface area contributed by atoms with Gasteiger partial charge in [-0.2, -0.15) is 0 Å². The zero-order valence-corrected chi connectivity index (χ0v) is 27.8. The summed E-state index contributed by atoms with van der Waals surface area (Å²) < 4.78 is 0. The predicted molar refractivity (Wildman–Crippen MR) is 202 cm³/mol. The van der Waals surface area contributed by atoms with Crippen molar-refractivity contribution in [2.24, 2.45) is 9.98 Å². The number of anilines is 2. The number of hydrogen-bond donors (Lipinski definition) is 2. The van der Waals surface area contributed by atoms with Crippen LogP contribution in [0.5, 0.6) is 0 Å². The summed E-state index contributed by atoms with van der Waals surface area (Å²) in [6.07, 6.45) is 0. The molecule has 0 atom stereocenters. The summed E-state index contributed by atoms with van der Waals surface area (Å²) in [5, 5.41) is 6.23. The number of aliphatic imine (C=N–C) groups is 2. The van der Waals surface area contributed by atoms with Gasteiger partial charge in [0.25, 0.3) is 0 Å². The molecule has 2 heterocycles. The highest BCUT2D eigenvalue weighted by atomic mass is 32.2. The van der Waals surface area contributed by atoms with Crippen molar-refractivity contribution < 1.29 is 19.2 Å². The molecule has 2 aliphatic heterocycles. The summed E-state index contributed by atoms with van der Waals surface area (Å²) in [5.74, 6) is -0.653. The second-order valence-electron chi connectivity index (χ2n) is 11.0. The highest BCUT2D eigenvalue weighted by molar-refractivity contribution is 8.28. The van der Waals surface area contributed by atoms with Gasteiger partial charge in [-0.3, -0.25) is 19.2 Å². The molecule has 2 N–H and O–H groups in total. The average molecular weight is 691 g/mol. The van der Waals surface area contributed by atoms with Gasteiger partial charge in [-0.25, -0.2) is 9.98 Å². The first-order chi connectivity index (χ1) is 24.4. The molecule has 0 saturated carbocycles. The number of carbonyl (C=O) groups is 4. The monoisotopic (exact) mass is 690 g/mol. The van der Waals surface area contributed by atoms with E-state index in [9.17, 15) is 19.2 Å². The topological polar surface area (TPSA) is 117 Å². The fraction of sp³-hybridized carbons (Fsp3) is 0. The van der Waals surface area contributed by atoms with Crippen molar-refractivity contribution in [1.82, 2.24) is 0 Å². The number of Topliss-reactive ketones (excluding diaryl/α,β-unsaturated/α-hetero) is 2. The third-order valence-electron chi connectivity index (χ3n) is 7.64. The van der Waals surface area contributed by atoms with Crippen molar-refractivity contribution in [3.63, 3.8) is 0 Å². The zero-order valence-electron chi connectivity index (χ0n) is 26.2. The van der Waals surface area contributed by atoms with Crippen LogP contribution in [-0.4, -0.2) is 31.9 Å². The largest absolute Gasteiger partial charge is 0.351 e. The average Bonchev–Trinajstić information content (AvgIpc) is 3.63. The van der Waals surface area contributed by atoms with E-state index in [1.807, 2.05) is 48.5 Å². The number of nitrogens with one attached hydrogen (secondary N) is 2. The highest BCUT2D eigenvalue weighted by Gasteiger charge is 2.37. The van der Waals surface area contributed by atoms with Gasteiger partial charge in [0.15, 0.2) is 11.6 Å². The maximum absolute atomic E-state index is 13.8. The van der Waals surface area contributed by atoms with Crippen LogP contribution in [-0.2, 0) is 9.59 Å². The number of nitrogens with zero attached hydrogens (tertiary/aromatic N) is 2. The Hall–Kier alpha value is -6.10. The van der Waals surface area contributed by atoms with E-state index in [1.54, 1.807) is 97.1 Å². The smallest absolute Gasteiger partial charge is 0.242 e. The quantitative estimate of drug-likeness (QED) is 0.140. The number of carbonyl (C=O) groups excluding carboxylic acids is 4. The van der Waals surface area contributed by atoms with E-state index in [0.29, 0.717) is 44.0 Å². The Labute approximate surface area is 296 Å². The third kappa shape index (κ3) is 7.02. The Morgan fingerprint density at radius 2 is 0.760 bits per heavy atom. The van der Waals surface area contributed by atoms with Crippen molar-refractivity contribution in [3.8, 4) is 0 Å². The van der Waals surface area contributed by atoms with Crippen LogP contribution in [0.2, 0.25) is 0 Å². The molecule has 0 fully saturated rings.